The average molecular weight is 279 g/mol. The second-order valence-corrected chi connectivity index (χ2v) is 6.48. The van der Waals surface area contributed by atoms with Crippen molar-refractivity contribution in [2.45, 2.75) is 58.3 Å². The molecule has 0 bridgehead atoms. The monoisotopic (exact) mass is 279 g/mol. The maximum Gasteiger partial charge on any atom is 0.129 e. The Morgan fingerprint density at radius 3 is 2.30 bits per heavy atom. The fraction of sp³-hybridized carbons (Fsp3) is 0.647. The average Bonchev–Trinajstić information content (AvgIpc) is 2.35. The third-order valence-corrected chi connectivity index (χ3v) is 4.16. The summed E-state index contributed by atoms with van der Waals surface area (Å²) in [5.41, 5.74) is 6.61. The molecule has 20 heavy (non-hydrogen) atoms. The van der Waals surface area contributed by atoms with Crippen molar-refractivity contribution in [1.82, 2.24) is 0 Å². The van der Waals surface area contributed by atoms with Gasteiger partial charge in [0.1, 0.15) is 11.9 Å². The van der Waals surface area contributed by atoms with Gasteiger partial charge in [0.15, 0.2) is 0 Å². The molecule has 1 aliphatic carbocycles. The zero-order chi connectivity index (χ0) is 14.7. The van der Waals surface area contributed by atoms with Crippen molar-refractivity contribution < 1.29 is 9.13 Å². The van der Waals surface area contributed by atoms with Crippen molar-refractivity contribution in [3.05, 3.63) is 35.6 Å². The Hall–Kier alpha value is -0.930. The van der Waals surface area contributed by atoms with Gasteiger partial charge in [-0.3, -0.25) is 0 Å². The molecule has 2 nitrogen and oxygen atoms in total. The molecule has 2 rings (SSSR count). The standard InChI is InChI=1S/C17H26FNO/c1-11-8-12(2)10-14(9-11)20-17(13(3)19)15-6-4-5-7-16(15)18/h4-7,11-14,17H,8-10,19H2,1-3H3. The minimum Gasteiger partial charge on any atom is -0.369 e. The molecule has 4 atom stereocenters. The summed E-state index contributed by atoms with van der Waals surface area (Å²) in [6.45, 7) is 6.40. The molecule has 1 aromatic rings. The lowest BCUT2D eigenvalue weighted by Crippen LogP contribution is -2.34. The van der Waals surface area contributed by atoms with E-state index in [1.54, 1.807) is 12.1 Å². The number of benzene rings is 1. The van der Waals surface area contributed by atoms with Crippen LogP contribution in [-0.4, -0.2) is 12.1 Å². The summed E-state index contributed by atoms with van der Waals surface area (Å²) in [6.07, 6.45) is 3.16. The molecular weight excluding hydrogens is 253 g/mol. The van der Waals surface area contributed by atoms with Gasteiger partial charge in [0, 0.05) is 11.6 Å². The Bertz CT molecular complexity index is 425. The van der Waals surface area contributed by atoms with Crippen molar-refractivity contribution in [3.8, 4) is 0 Å². The van der Waals surface area contributed by atoms with E-state index in [4.69, 9.17) is 10.5 Å². The largest absolute Gasteiger partial charge is 0.369 e. The predicted octanol–water partition coefficient (Wildman–Crippen LogP) is 4.06. The summed E-state index contributed by atoms with van der Waals surface area (Å²) >= 11 is 0. The first-order valence-electron chi connectivity index (χ1n) is 7.62. The normalized spacial score (nSPS) is 29.9. The smallest absolute Gasteiger partial charge is 0.129 e. The van der Waals surface area contributed by atoms with E-state index < -0.39 is 0 Å². The first kappa shape index (κ1) is 15.5. The Kier molecular flexibility index (Phi) is 5.17. The Morgan fingerprint density at radius 2 is 1.75 bits per heavy atom. The molecule has 0 amide bonds. The Morgan fingerprint density at radius 1 is 1.15 bits per heavy atom. The predicted molar refractivity (Wildman–Crippen MR) is 79.8 cm³/mol. The molecule has 0 aromatic heterocycles. The zero-order valence-electron chi connectivity index (χ0n) is 12.7. The molecule has 0 saturated heterocycles. The molecule has 0 aliphatic heterocycles. The van der Waals surface area contributed by atoms with Gasteiger partial charge in [-0.25, -0.2) is 4.39 Å². The van der Waals surface area contributed by atoms with E-state index in [2.05, 4.69) is 13.8 Å². The fourth-order valence-corrected chi connectivity index (χ4v) is 3.38. The second-order valence-electron chi connectivity index (χ2n) is 6.48. The first-order valence-corrected chi connectivity index (χ1v) is 7.62. The zero-order valence-corrected chi connectivity index (χ0v) is 12.7. The van der Waals surface area contributed by atoms with E-state index in [1.807, 2.05) is 13.0 Å². The van der Waals surface area contributed by atoms with Crippen LogP contribution in [0.3, 0.4) is 0 Å². The van der Waals surface area contributed by atoms with Crippen LogP contribution in [0.2, 0.25) is 0 Å². The minimum absolute atomic E-state index is 0.185. The maximum absolute atomic E-state index is 14.0. The summed E-state index contributed by atoms with van der Waals surface area (Å²) in [4.78, 5) is 0. The molecule has 0 radical (unpaired) electrons. The molecule has 4 unspecified atom stereocenters. The highest BCUT2D eigenvalue weighted by atomic mass is 19.1. The molecule has 1 fully saturated rings. The summed E-state index contributed by atoms with van der Waals surface area (Å²) in [5.74, 6) is 1.10. The van der Waals surface area contributed by atoms with Crippen LogP contribution >= 0.6 is 0 Å². The topological polar surface area (TPSA) is 35.2 Å². The van der Waals surface area contributed by atoms with Crippen LogP contribution in [0.15, 0.2) is 24.3 Å². The van der Waals surface area contributed by atoms with Crippen molar-refractivity contribution in [2.24, 2.45) is 17.6 Å². The van der Waals surface area contributed by atoms with E-state index in [1.165, 1.54) is 12.5 Å². The quantitative estimate of drug-likeness (QED) is 0.902. The number of halogens is 1. The van der Waals surface area contributed by atoms with Gasteiger partial charge in [-0.2, -0.15) is 0 Å². The van der Waals surface area contributed by atoms with Crippen LogP contribution in [0.4, 0.5) is 4.39 Å². The lowest BCUT2D eigenvalue weighted by Gasteiger charge is -2.35. The van der Waals surface area contributed by atoms with E-state index in [9.17, 15) is 4.39 Å². The fourth-order valence-electron chi connectivity index (χ4n) is 3.38. The second kappa shape index (κ2) is 6.68. The van der Waals surface area contributed by atoms with E-state index in [-0.39, 0.29) is 24.1 Å². The maximum atomic E-state index is 14.0. The summed E-state index contributed by atoms with van der Waals surface area (Å²) in [5, 5.41) is 0. The highest BCUT2D eigenvalue weighted by molar-refractivity contribution is 5.21. The van der Waals surface area contributed by atoms with Crippen LogP contribution in [-0.2, 0) is 4.74 Å². The highest BCUT2D eigenvalue weighted by Crippen LogP contribution is 2.34. The number of hydrogen-bond donors (Lipinski definition) is 1. The van der Waals surface area contributed by atoms with Gasteiger partial charge >= 0.3 is 0 Å². The van der Waals surface area contributed by atoms with Gasteiger partial charge < -0.3 is 10.5 Å². The van der Waals surface area contributed by atoms with Crippen molar-refractivity contribution in [2.75, 3.05) is 0 Å². The van der Waals surface area contributed by atoms with Gasteiger partial charge in [0.25, 0.3) is 0 Å². The summed E-state index contributed by atoms with van der Waals surface area (Å²) in [7, 11) is 0. The van der Waals surface area contributed by atoms with Crippen molar-refractivity contribution in [3.63, 3.8) is 0 Å². The molecule has 112 valence electrons. The van der Waals surface area contributed by atoms with Gasteiger partial charge in [-0.05, 0) is 44.1 Å². The van der Waals surface area contributed by atoms with E-state index in [0.29, 0.717) is 17.4 Å². The number of nitrogens with two attached hydrogens (primary N) is 1. The first-order chi connectivity index (χ1) is 9.47. The SMILES string of the molecule is CC1CC(C)CC(OC(c2ccccc2F)C(C)N)C1. The molecule has 1 aromatic carbocycles. The van der Waals surface area contributed by atoms with E-state index in [0.717, 1.165) is 12.8 Å². The van der Waals surface area contributed by atoms with Crippen molar-refractivity contribution >= 4 is 0 Å². The van der Waals surface area contributed by atoms with Crippen LogP contribution < -0.4 is 5.73 Å². The van der Waals surface area contributed by atoms with Gasteiger partial charge in [0.05, 0.1) is 6.10 Å². The van der Waals surface area contributed by atoms with Gasteiger partial charge in [-0.1, -0.05) is 32.0 Å². The Labute approximate surface area is 121 Å². The lowest BCUT2D eigenvalue weighted by molar-refractivity contribution is -0.0597. The third-order valence-electron chi connectivity index (χ3n) is 4.16. The van der Waals surface area contributed by atoms with Crippen molar-refractivity contribution in [1.29, 1.82) is 0 Å². The molecular formula is C17H26FNO. The number of hydrogen-bond acceptors (Lipinski definition) is 2. The molecule has 3 heteroatoms. The molecule has 1 saturated carbocycles. The number of rotatable bonds is 4. The third kappa shape index (κ3) is 3.80. The molecule has 0 heterocycles. The Balaban J connectivity index is 2.12. The molecule has 2 N–H and O–H groups in total. The van der Waals surface area contributed by atoms with Gasteiger partial charge in [-0.15, -0.1) is 0 Å². The minimum atomic E-state index is -0.362. The highest BCUT2D eigenvalue weighted by Gasteiger charge is 2.29. The van der Waals surface area contributed by atoms with Crippen LogP contribution in [0, 0.1) is 17.7 Å². The molecule has 1 aliphatic rings. The van der Waals surface area contributed by atoms with Gasteiger partial charge in [0.2, 0.25) is 0 Å². The van der Waals surface area contributed by atoms with Crippen LogP contribution in [0.25, 0.3) is 0 Å². The van der Waals surface area contributed by atoms with Crippen LogP contribution in [0.1, 0.15) is 51.7 Å². The lowest BCUT2D eigenvalue weighted by atomic mass is 9.81. The van der Waals surface area contributed by atoms with Crippen LogP contribution in [0.5, 0.6) is 0 Å². The molecule has 0 spiro atoms. The van der Waals surface area contributed by atoms with E-state index >= 15 is 0 Å². The summed E-state index contributed by atoms with van der Waals surface area (Å²) in [6, 6.07) is 6.56. The summed E-state index contributed by atoms with van der Waals surface area (Å²) < 4.78 is 20.2. The number of ether oxygens (including phenoxy) is 1.